The van der Waals surface area contributed by atoms with Gasteiger partial charge in [-0.1, -0.05) is 72.1 Å². The van der Waals surface area contributed by atoms with E-state index >= 15 is 0 Å². The van der Waals surface area contributed by atoms with Crippen LogP contribution in [0.2, 0.25) is 0 Å². The van der Waals surface area contributed by atoms with Gasteiger partial charge in [-0.05, 0) is 26.2 Å². The number of aliphatic hydroxyl groups is 1. The summed E-state index contributed by atoms with van der Waals surface area (Å²) in [7, 11) is -4.69. The van der Waals surface area contributed by atoms with Crippen LogP contribution in [0.5, 0.6) is 0 Å². The highest BCUT2D eigenvalue weighted by atomic mass is 35.7. The molecule has 0 radical (unpaired) electrons. The molecule has 0 rings (SSSR count). The third kappa shape index (κ3) is 25.5. The average Bonchev–Trinajstić information content (AvgIpc) is 2.58. The van der Waals surface area contributed by atoms with Crippen molar-refractivity contribution < 1.29 is 38.8 Å². The summed E-state index contributed by atoms with van der Waals surface area (Å²) in [6.07, 6.45) is 13.1. The van der Waals surface area contributed by atoms with Crippen LogP contribution >= 0.6 is 0 Å². The first-order valence-electron chi connectivity index (χ1n) is 10.4. The molecule has 0 aromatic heterocycles. The highest BCUT2D eigenvalue weighted by Crippen LogP contribution is 2.11. The molecule has 0 aliphatic rings. The Morgan fingerprint density at radius 3 is 1.79 bits per heavy atom. The fourth-order valence-corrected chi connectivity index (χ4v) is 2.58. The molecule has 0 aromatic rings. The molecule has 1 amide bonds. The van der Waals surface area contributed by atoms with Gasteiger partial charge in [0.1, 0.15) is 5.72 Å². The van der Waals surface area contributed by atoms with Crippen molar-refractivity contribution in [2.75, 3.05) is 0 Å². The van der Waals surface area contributed by atoms with E-state index < -0.39 is 16.0 Å². The van der Waals surface area contributed by atoms with Gasteiger partial charge in [0.05, 0.1) is 21.1 Å². The smallest absolute Gasteiger partial charge is 0.221 e. The van der Waals surface area contributed by atoms with Crippen LogP contribution in [0.4, 0.5) is 0 Å². The maximum atomic E-state index is 12.0. The van der Waals surface area contributed by atoms with Crippen molar-refractivity contribution in [3.63, 3.8) is 0 Å². The second-order valence-corrected chi connectivity index (χ2v) is 8.07. The molecule has 0 saturated heterocycles. The summed E-state index contributed by atoms with van der Waals surface area (Å²) in [5, 5.41) is 16.1. The Balaban J connectivity index is 0. The van der Waals surface area contributed by atoms with Crippen molar-refractivity contribution in [1.29, 1.82) is 0 Å². The van der Waals surface area contributed by atoms with Crippen LogP contribution in [0.25, 0.3) is 0 Å². The van der Waals surface area contributed by atoms with Gasteiger partial charge < -0.3 is 10.4 Å². The molecule has 4 N–H and O–H groups in total. The van der Waals surface area contributed by atoms with E-state index in [-0.39, 0.29) is 12.1 Å². The van der Waals surface area contributed by atoms with Gasteiger partial charge in [-0.2, -0.15) is 14.0 Å². The minimum absolute atomic E-state index is 0.0826. The molecule has 170 valence electrons. The Hall–Kier alpha value is -0.480. The number of rotatable bonds is 15. The normalized spacial score (nSPS) is 14.6. The van der Waals surface area contributed by atoms with E-state index in [9.17, 15) is 9.90 Å². The molecule has 0 saturated carbocycles. The van der Waals surface area contributed by atoms with Gasteiger partial charge in [-0.15, -0.1) is 0 Å². The summed E-state index contributed by atoms with van der Waals surface area (Å²) in [6.45, 7) is 7.90. The van der Waals surface area contributed by atoms with Gasteiger partial charge in [-0.25, -0.2) is 0 Å². The molecule has 9 heteroatoms. The molecule has 28 heavy (non-hydrogen) atoms. The van der Waals surface area contributed by atoms with Crippen LogP contribution in [0, 0.1) is 10.2 Å². The van der Waals surface area contributed by atoms with E-state index in [1.54, 1.807) is 6.92 Å². The quantitative estimate of drug-likeness (QED) is 0.217. The third-order valence-corrected chi connectivity index (χ3v) is 4.42. The van der Waals surface area contributed by atoms with E-state index in [1.807, 2.05) is 13.8 Å². The summed E-state index contributed by atoms with van der Waals surface area (Å²) in [5.41, 5.74) is -0.925. The van der Waals surface area contributed by atoms with E-state index in [1.165, 1.54) is 44.9 Å². The fraction of sp³-hybridized carbons (Fsp3) is 0.947. The van der Waals surface area contributed by atoms with Gasteiger partial charge in [0.25, 0.3) is 0 Å². The van der Waals surface area contributed by atoms with Gasteiger partial charge in [-0.3, -0.25) is 10.1 Å². The molecule has 2 unspecified atom stereocenters. The minimum atomic E-state index is -4.69. The number of hydrogen-bond acceptors (Lipinski definition) is 7. The molecule has 0 aliphatic heterocycles. The first-order valence-corrected chi connectivity index (χ1v) is 11.6. The van der Waals surface area contributed by atoms with E-state index in [0.29, 0.717) is 12.8 Å². The van der Waals surface area contributed by atoms with Gasteiger partial charge in [0, 0.05) is 6.42 Å². The van der Waals surface area contributed by atoms with E-state index in [4.69, 9.17) is 18.6 Å². The monoisotopic (exact) mass is 428 g/mol. The van der Waals surface area contributed by atoms with Crippen molar-refractivity contribution in [1.82, 2.24) is 10.6 Å². The Morgan fingerprint density at radius 2 is 1.39 bits per heavy atom. The SMILES string of the molecule is CCCCCCCCCCCC(=O)NC(CC)NC(C)(O)CC.[O-][Cl+3]([O-])([O-])O. The second kappa shape index (κ2) is 17.4. The molecule has 0 aromatic carbocycles. The molecule has 0 bridgehead atoms. The number of carbonyl (C=O) groups is 1. The summed E-state index contributed by atoms with van der Waals surface area (Å²) < 4.78 is 32.7. The van der Waals surface area contributed by atoms with Crippen LogP contribution in [0.1, 0.15) is 105 Å². The van der Waals surface area contributed by atoms with E-state index in [0.717, 1.165) is 19.3 Å². The van der Waals surface area contributed by atoms with Crippen LogP contribution in [-0.4, -0.2) is 27.6 Å². The fourth-order valence-electron chi connectivity index (χ4n) is 2.58. The molecule has 0 spiro atoms. The largest absolute Gasteiger partial charge is 0.376 e. The maximum absolute atomic E-state index is 12.0. The summed E-state index contributed by atoms with van der Waals surface area (Å²) in [4.78, 5) is 12.0. The van der Waals surface area contributed by atoms with Crippen molar-refractivity contribution in [2.24, 2.45) is 0 Å². The Labute approximate surface area is 172 Å². The van der Waals surface area contributed by atoms with Crippen molar-refractivity contribution in [2.45, 2.75) is 117 Å². The highest BCUT2D eigenvalue weighted by Gasteiger charge is 2.21. The third-order valence-electron chi connectivity index (χ3n) is 4.42. The lowest BCUT2D eigenvalue weighted by molar-refractivity contribution is -1.92. The number of halogens is 1. The van der Waals surface area contributed by atoms with Gasteiger partial charge in [0.15, 0.2) is 0 Å². The molecule has 2 atom stereocenters. The van der Waals surface area contributed by atoms with Gasteiger partial charge >= 0.3 is 0 Å². The summed E-state index contributed by atoms with van der Waals surface area (Å²) in [6, 6.07) is 0. The molecule has 0 heterocycles. The van der Waals surface area contributed by atoms with Crippen LogP contribution < -0.4 is 24.6 Å². The van der Waals surface area contributed by atoms with Crippen LogP contribution in [-0.2, 0) is 4.79 Å². The molecule has 0 aliphatic carbocycles. The Bertz CT molecular complexity index is 372. The zero-order valence-electron chi connectivity index (χ0n) is 18.0. The zero-order valence-corrected chi connectivity index (χ0v) is 18.7. The highest BCUT2D eigenvalue weighted by molar-refractivity contribution is 5.76. The zero-order chi connectivity index (χ0) is 22.1. The van der Waals surface area contributed by atoms with Crippen LogP contribution in [0.3, 0.4) is 0 Å². The predicted octanol–water partition coefficient (Wildman–Crippen LogP) is 0.344. The van der Waals surface area contributed by atoms with Crippen molar-refractivity contribution in [3.05, 3.63) is 0 Å². The predicted molar refractivity (Wildman–Crippen MR) is 100 cm³/mol. The second-order valence-electron chi connectivity index (χ2n) is 7.27. The number of unbranched alkanes of at least 4 members (excludes halogenated alkanes) is 8. The van der Waals surface area contributed by atoms with E-state index in [2.05, 4.69) is 17.6 Å². The molecule has 0 fully saturated rings. The summed E-state index contributed by atoms with van der Waals surface area (Å²) in [5.74, 6) is 0.0826. The minimum Gasteiger partial charge on any atom is -0.376 e. The van der Waals surface area contributed by atoms with Crippen molar-refractivity contribution in [3.8, 4) is 0 Å². The Kier molecular flexibility index (Phi) is 18.5. The lowest BCUT2D eigenvalue weighted by Crippen LogP contribution is -2.58. The number of amides is 1. The van der Waals surface area contributed by atoms with Crippen molar-refractivity contribution >= 4 is 5.91 Å². The lowest BCUT2D eigenvalue weighted by atomic mass is 10.1. The molecule has 8 nitrogen and oxygen atoms in total. The first-order chi connectivity index (χ1) is 12.9. The lowest BCUT2D eigenvalue weighted by Gasteiger charge is -2.29. The van der Waals surface area contributed by atoms with Gasteiger partial charge in [0.2, 0.25) is 5.91 Å². The Morgan fingerprint density at radius 1 is 0.964 bits per heavy atom. The average molecular weight is 429 g/mol. The number of hydrogen-bond donors (Lipinski definition) is 4. The standard InChI is InChI=1S/C19H40N2O2.ClHO4/c1-5-8-9-10-11-12-13-14-15-16-18(22)20-17(6-2)21-19(4,23)7-3;2-1(3,4)5/h17,21,23H,5-16H2,1-4H3,(H,20,22);(H,2,3,4,5). The molecular formula is C19H41ClN2O6. The number of nitrogens with one attached hydrogen (secondary N) is 2. The topological polar surface area (TPSA) is 151 Å². The molecular weight excluding hydrogens is 388 g/mol. The van der Waals surface area contributed by atoms with Crippen LogP contribution in [0.15, 0.2) is 0 Å². The number of carbonyl (C=O) groups excluding carboxylic acids is 1. The first kappa shape index (κ1) is 29.7. The maximum Gasteiger partial charge on any atom is 0.221 e. The summed E-state index contributed by atoms with van der Waals surface area (Å²) >= 11 is 0.